The van der Waals surface area contributed by atoms with Crippen LogP contribution in [0.1, 0.15) is 5.56 Å². The third kappa shape index (κ3) is 1.16. The van der Waals surface area contributed by atoms with Gasteiger partial charge in [-0.2, -0.15) is 4.99 Å². The number of amides is 1. The monoisotopic (exact) mass is 157 g/mol. The minimum absolute atomic E-state index is 0.297. The van der Waals surface area contributed by atoms with Crippen molar-refractivity contribution in [1.82, 2.24) is 0 Å². The molecule has 3 nitrogen and oxygen atoms in total. The highest BCUT2D eigenvalue weighted by Gasteiger charge is 2.08. The maximum Gasteiger partial charge on any atom is 0.290 e. The average Bonchev–Trinajstić information content (AvgIpc) is 2.54. The van der Waals surface area contributed by atoms with E-state index in [4.69, 9.17) is 0 Å². The highest BCUT2D eigenvalue weighted by molar-refractivity contribution is 6.36. The molecule has 12 heavy (non-hydrogen) atoms. The van der Waals surface area contributed by atoms with E-state index in [1.54, 1.807) is 12.1 Å². The molecular formula is C9H5N2O. The summed E-state index contributed by atoms with van der Waals surface area (Å²) in [6, 6.07) is 10.1. The minimum atomic E-state index is -0.297. The highest BCUT2D eigenvalue weighted by atomic mass is 16.1. The maximum atomic E-state index is 10.7. The van der Waals surface area contributed by atoms with Gasteiger partial charge in [-0.25, -0.2) is 4.99 Å². The second-order valence-electron chi connectivity index (χ2n) is 2.32. The van der Waals surface area contributed by atoms with E-state index in [9.17, 15) is 4.79 Å². The van der Waals surface area contributed by atoms with Gasteiger partial charge in [0.05, 0.1) is 6.21 Å². The van der Waals surface area contributed by atoms with E-state index >= 15 is 0 Å². The molecule has 1 aromatic carbocycles. The third-order valence-corrected chi connectivity index (χ3v) is 1.48. The second kappa shape index (κ2) is 2.70. The predicted molar refractivity (Wildman–Crippen MR) is 45.3 cm³/mol. The molecule has 1 heterocycles. The molecule has 1 aromatic rings. The Hall–Kier alpha value is -1.77. The zero-order chi connectivity index (χ0) is 8.39. The average molecular weight is 157 g/mol. The summed E-state index contributed by atoms with van der Waals surface area (Å²) in [7, 11) is 0. The molecule has 2 rings (SSSR count). The maximum absolute atomic E-state index is 10.7. The summed E-state index contributed by atoms with van der Waals surface area (Å²) in [5.74, 6) is 0.172. The first-order valence-corrected chi connectivity index (χ1v) is 3.49. The van der Waals surface area contributed by atoms with Gasteiger partial charge in [0.2, 0.25) is 0 Å². The van der Waals surface area contributed by atoms with E-state index in [1.165, 1.54) is 6.21 Å². The molecular weight excluding hydrogens is 152 g/mol. The predicted octanol–water partition coefficient (Wildman–Crippen LogP) is 0.844. The molecule has 0 aromatic heterocycles. The molecule has 0 unspecified atom stereocenters. The van der Waals surface area contributed by atoms with Crippen LogP contribution < -0.4 is 0 Å². The topological polar surface area (TPSA) is 41.8 Å². The fraction of sp³-hybridized carbons (Fsp3) is 0. The van der Waals surface area contributed by atoms with Crippen LogP contribution in [-0.4, -0.2) is 18.0 Å². The smallest absolute Gasteiger partial charge is 0.266 e. The first-order chi connectivity index (χ1) is 5.86. The summed E-state index contributed by atoms with van der Waals surface area (Å²) in [6.45, 7) is 0. The molecule has 1 aliphatic heterocycles. The van der Waals surface area contributed by atoms with Gasteiger partial charge in [0.25, 0.3) is 5.91 Å². The quantitative estimate of drug-likeness (QED) is 0.595. The SMILES string of the molecule is O=C1C=NC(c2c[c]ccc2)=N1. The number of rotatable bonds is 1. The molecule has 0 N–H and O–H groups in total. The molecule has 0 fully saturated rings. The summed E-state index contributed by atoms with van der Waals surface area (Å²) in [5.41, 5.74) is 0.819. The van der Waals surface area contributed by atoms with Crippen LogP contribution in [0.15, 0.2) is 34.3 Å². The van der Waals surface area contributed by atoms with E-state index < -0.39 is 0 Å². The van der Waals surface area contributed by atoms with E-state index in [-0.39, 0.29) is 5.91 Å². The zero-order valence-electron chi connectivity index (χ0n) is 6.19. The van der Waals surface area contributed by atoms with E-state index in [1.807, 2.05) is 12.1 Å². The summed E-state index contributed by atoms with van der Waals surface area (Å²) in [4.78, 5) is 18.2. The van der Waals surface area contributed by atoms with Crippen molar-refractivity contribution < 1.29 is 4.79 Å². The highest BCUT2D eigenvalue weighted by Crippen LogP contribution is 2.04. The van der Waals surface area contributed by atoms with Gasteiger partial charge in [0, 0.05) is 5.56 Å². The molecule has 57 valence electrons. The number of hydrogen-bond acceptors (Lipinski definition) is 2. The molecule has 0 spiro atoms. The minimum Gasteiger partial charge on any atom is -0.266 e. The van der Waals surface area contributed by atoms with Gasteiger partial charge in [0.15, 0.2) is 5.84 Å². The Morgan fingerprint density at radius 2 is 2.33 bits per heavy atom. The Bertz CT molecular complexity index is 365. The number of nitrogens with zero attached hydrogens (tertiary/aromatic N) is 2. The summed E-state index contributed by atoms with van der Waals surface area (Å²) in [5, 5.41) is 0. The second-order valence-corrected chi connectivity index (χ2v) is 2.32. The van der Waals surface area contributed by atoms with E-state index in [0.717, 1.165) is 5.56 Å². The standard InChI is InChI=1S/C9H5N2O/c12-8-6-10-9(11-8)7-4-2-1-3-5-7/h1-2,4-6H. The molecule has 1 amide bonds. The Morgan fingerprint density at radius 1 is 1.42 bits per heavy atom. The Morgan fingerprint density at radius 3 is 2.92 bits per heavy atom. The van der Waals surface area contributed by atoms with Gasteiger partial charge in [-0.1, -0.05) is 18.2 Å². The first kappa shape index (κ1) is 6.91. The molecule has 0 saturated carbocycles. The number of carbonyl (C=O) groups is 1. The fourth-order valence-electron chi connectivity index (χ4n) is 0.950. The first-order valence-electron chi connectivity index (χ1n) is 3.49. The normalized spacial score (nSPS) is 15.0. The lowest BCUT2D eigenvalue weighted by molar-refractivity contribution is -0.111. The van der Waals surface area contributed by atoms with Crippen LogP contribution in [0.5, 0.6) is 0 Å². The van der Waals surface area contributed by atoms with Crippen molar-refractivity contribution in [3.63, 3.8) is 0 Å². The van der Waals surface area contributed by atoms with Crippen molar-refractivity contribution in [3.8, 4) is 0 Å². The van der Waals surface area contributed by atoms with E-state index in [2.05, 4.69) is 16.1 Å². The van der Waals surface area contributed by atoms with Gasteiger partial charge < -0.3 is 0 Å². The lowest BCUT2D eigenvalue weighted by Gasteiger charge is -1.93. The van der Waals surface area contributed by atoms with Crippen LogP contribution in [-0.2, 0) is 4.79 Å². The molecule has 0 atom stereocenters. The molecule has 0 bridgehead atoms. The van der Waals surface area contributed by atoms with Gasteiger partial charge in [-0.15, -0.1) is 0 Å². The molecule has 1 radical (unpaired) electrons. The number of aliphatic imine (C=N–C) groups is 2. The van der Waals surface area contributed by atoms with Gasteiger partial charge in [-0.05, 0) is 12.1 Å². The number of carbonyl (C=O) groups excluding carboxylic acids is 1. The lowest BCUT2D eigenvalue weighted by Crippen LogP contribution is -1.93. The van der Waals surface area contributed by atoms with Crippen LogP contribution in [0.2, 0.25) is 0 Å². The summed E-state index contributed by atoms with van der Waals surface area (Å²) < 4.78 is 0. The van der Waals surface area contributed by atoms with Gasteiger partial charge in [0.1, 0.15) is 0 Å². The van der Waals surface area contributed by atoms with Crippen molar-refractivity contribution in [1.29, 1.82) is 0 Å². The van der Waals surface area contributed by atoms with Crippen LogP contribution in [0.3, 0.4) is 0 Å². The lowest BCUT2D eigenvalue weighted by atomic mass is 10.2. The Balaban J connectivity index is 2.40. The molecule has 3 heteroatoms. The molecule has 0 aliphatic carbocycles. The fourth-order valence-corrected chi connectivity index (χ4v) is 0.950. The van der Waals surface area contributed by atoms with Crippen LogP contribution >= 0.6 is 0 Å². The zero-order valence-corrected chi connectivity index (χ0v) is 6.19. The molecule has 0 saturated heterocycles. The largest absolute Gasteiger partial charge is 0.290 e. The van der Waals surface area contributed by atoms with Crippen LogP contribution in [0.25, 0.3) is 0 Å². The van der Waals surface area contributed by atoms with Crippen molar-refractivity contribution >= 4 is 18.0 Å². The van der Waals surface area contributed by atoms with E-state index in [0.29, 0.717) is 5.84 Å². The van der Waals surface area contributed by atoms with Crippen LogP contribution in [0.4, 0.5) is 0 Å². The summed E-state index contributed by atoms with van der Waals surface area (Å²) >= 11 is 0. The Labute approximate surface area is 69.5 Å². The summed E-state index contributed by atoms with van der Waals surface area (Å²) in [6.07, 6.45) is 1.21. The number of amidine groups is 1. The van der Waals surface area contributed by atoms with Crippen LogP contribution in [0, 0.1) is 6.07 Å². The van der Waals surface area contributed by atoms with Crippen molar-refractivity contribution in [2.45, 2.75) is 0 Å². The number of benzene rings is 1. The third-order valence-electron chi connectivity index (χ3n) is 1.48. The van der Waals surface area contributed by atoms with Gasteiger partial charge >= 0.3 is 0 Å². The van der Waals surface area contributed by atoms with Crippen molar-refractivity contribution in [2.75, 3.05) is 0 Å². The van der Waals surface area contributed by atoms with Crippen molar-refractivity contribution in [2.24, 2.45) is 9.98 Å². The Kier molecular flexibility index (Phi) is 1.55. The van der Waals surface area contributed by atoms with Crippen molar-refractivity contribution in [3.05, 3.63) is 35.9 Å². The number of hydrogen-bond donors (Lipinski definition) is 0. The van der Waals surface area contributed by atoms with Gasteiger partial charge in [-0.3, -0.25) is 4.79 Å². The molecule has 1 aliphatic rings.